The third kappa shape index (κ3) is 2.95. The van der Waals surface area contributed by atoms with Crippen LogP contribution < -0.4 is 4.57 Å². The number of hydrogen-bond acceptors (Lipinski definition) is 2. The second-order valence-corrected chi connectivity index (χ2v) is 7.95. The Morgan fingerprint density at radius 3 is 2.00 bits per heavy atom. The molecule has 138 valence electrons. The molecular formula is C24H21N2OS+. The average molecular weight is 386 g/mol. The van der Waals surface area contributed by atoms with Crippen LogP contribution in [0.4, 0.5) is 0 Å². The summed E-state index contributed by atoms with van der Waals surface area (Å²) in [6.07, 6.45) is -0.347. The van der Waals surface area contributed by atoms with Gasteiger partial charge in [-0.15, -0.1) is 0 Å². The fourth-order valence-corrected chi connectivity index (χ4v) is 4.95. The molecule has 0 saturated carbocycles. The average Bonchev–Trinajstić information content (AvgIpc) is 3.10. The second kappa shape index (κ2) is 7.30. The molecule has 0 saturated heterocycles. The third-order valence-electron chi connectivity index (χ3n) is 5.05. The van der Waals surface area contributed by atoms with Crippen molar-refractivity contribution in [2.45, 2.75) is 17.8 Å². The SMILES string of the molecule is OC1CSc2n(-c3ccccc3)c(-c3ccccc3)c(-c3ccccc3)[n+]2C1. The van der Waals surface area contributed by atoms with Gasteiger partial charge in [-0.25, -0.2) is 4.57 Å². The van der Waals surface area contributed by atoms with Gasteiger partial charge in [0.05, 0.1) is 0 Å². The van der Waals surface area contributed by atoms with E-state index in [9.17, 15) is 5.11 Å². The van der Waals surface area contributed by atoms with Crippen molar-refractivity contribution in [2.75, 3.05) is 5.75 Å². The molecule has 4 aromatic rings. The molecule has 0 amide bonds. The molecule has 3 aromatic carbocycles. The highest BCUT2D eigenvalue weighted by atomic mass is 32.2. The molecule has 5 rings (SSSR count). The van der Waals surface area contributed by atoms with Gasteiger partial charge in [-0.3, -0.25) is 0 Å². The Bertz CT molecular complexity index is 1090. The lowest BCUT2D eigenvalue weighted by atomic mass is 10.0. The highest BCUT2D eigenvalue weighted by Gasteiger charge is 2.37. The van der Waals surface area contributed by atoms with E-state index in [1.54, 1.807) is 11.8 Å². The molecule has 1 atom stereocenters. The summed E-state index contributed by atoms with van der Waals surface area (Å²) in [5, 5.41) is 11.6. The molecule has 0 radical (unpaired) electrons. The van der Waals surface area contributed by atoms with Crippen LogP contribution in [0.2, 0.25) is 0 Å². The molecule has 3 nitrogen and oxygen atoms in total. The number of fused-ring (bicyclic) bond motifs is 1. The minimum absolute atomic E-state index is 0.347. The Balaban J connectivity index is 1.89. The summed E-state index contributed by atoms with van der Waals surface area (Å²) in [6.45, 7) is 0.603. The highest BCUT2D eigenvalue weighted by Crippen LogP contribution is 2.38. The molecule has 1 aliphatic heterocycles. The summed E-state index contributed by atoms with van der Waals surface area (Å²) in [5.74, 6) is 0.708. The van der Waals surface area contributed by atoms with Crippen molar-refractivity contribution in [3.05, 3.63) is 91.0 Å². The number of imidazole rings is 1. The number of benzene rings is 3. The van der Waals surface area contributed by atoms with Crippen molar-refractivity contribution in [1.82, 2.24) is 4.57 Å². The van der Waals surface area contributed by atoms with Gasteiger partial charge in [-0.2, -0.15) is 4.57 Å². The fourth-order valence-electron chi connectivity index (χ4n) is 3.86. The first kappa shape index (κ1) is 17.3. The minimum atomic E-state index is -0.347. The molecule has 0 bridgehead atoms. The van der Waals surface area contributed by atoms with Crippen molar-refractivity contribution in [2.24, 2.45) is 0 Å². The number of rotatable bonds is 3. The van der Waals surface area contributed by atoms with Crippen molar-refractivity contribution >= 4 is 11.8 Å². The lowest BCUT2D eigenvalue weighted by Gasteiger charge is -2.15. The molecule has 28 heavy (non-hydrogen) atoms. The Labute approximate surface area is 168 Å². The zero-order valence-corrected chi connectivity index (χ0v) is 16.2. The lowest BCUT2D eigenvalue weighted by molar-refractivity contribution is -0.730. The molecule has 0 fully saturated rings. The van der Waals surface area contributed by atoms with Crippen LogP contribution in [0.1, 0.15) is 0 Å². The molecule has 2 heterocycles. The summed E-state index contributed by atoms with van der Waals surface area (Å²) in [7, 11) is 0. The van der Waals surface area contributed by atoms with Gasteiger partial charge < -0.3 is 5.11 Å². The molecule has 4 heteroatoms. The number of aliphatic hydroxyl groups excluding tert-OH is 1. The number of hydrogen-bond donors (Lipinski definition) is 1. The van der Waals surface area contributed by atoms with E-state index in [2.05, 4.69) is 81.9 Å². The van der Waals surface area contributed by atoms with Crippen LogP contribution in [-0.4, -0.2) is 21.5 Å². The molecule has 0 spiro atoms. The number of aliphatic hydroxyl groups is 1. The molecule has 0 aliphatic carbocycles. The predicted molar refractivity (Wildman–Crippen MR) is 114 cm³/mol. The second-order valence-electron chi connectivity index (χ2n) is 6.96. The smallest absolute Gasteiger partial charge is 0.324 e. The molecule has 1 unspecified atom stereocenters. The van der Waals surface area contributed by atoms with Crippen molar-refractivity contribution in [3.63, 3.8) is 0 Å². The van der Waals surface area contributed by atoms with Gasteiger partial charge >= 0.3 is 5.16 Å². The van der Waals surface area contributed by atoms with Gasteiger partial charge in [0.15, 0.2) is 11.4 Å². The maximum absolute atomic E-state index is 10.4. The van der Waals surface area contributed by atoms with Crippen LogP contribution >= 0.6 is 11.8 Å². The molecule has 1 N–H and O–H groups in total. The molecular weight excluding hydrogens is 364 g/mol. The van der Waals surface area contributed by atoms with E-state index >= 15 is 0 Å². The van der Waals surface area contributed by atoms with Gasteiger partial charge in [0.2, 0.25) is 0 Å². The van der Waals surface area contributed by atoms with Gasteiger partial charge in [-0.05, 0) is 23.9 Å². The Morgan fingerprint density at radius 2 is 1.36 bits per heavy atom. The van der Waals surface area contributed by atoms with E-state index in [1.165, 1.54) is 5.56 Å². The zero-order valence-electron chi connectivity index (χ0n) is 15.4. The standard InChI is InChI=1S/C24H21N2OS/c27-21-16-25-22(18-10-4-1-5-11-18)23(19-12-6-2-7-13-19)26(24(25)28-17-21)20-14-8-3-9-15-20/h1-15,21,27H,16-17H2/q+1. The lowest BCUT2D eigenvalue weighted by Crippen LogP contribution is -2.46. The van der Waals surface area contributed by atoms with Crippen molar-refractivity contribution < 1.29 is 9.67 Å². The molecule has 1 aromatic heterocycles. The van der Waals surface area contributed by atoms with E-state index < -0.39 is 0 Å². The number of para-hydroxylation sites is 1. The van der Waals surface area contributed by atoms with Crippen LogP contribution in [0.15, 0.2) is 96.2 Å². The monoisotopic (exact) mass is 385 g/mol. The predicted octanol–water partition coefficient (Wildman–Crippen LogP) is 4.57. The summed E-state index contributed by atoms with van der Waals surface area (Å²) < 4.78 is 4.62. The van der Waals surface area contributed by atoms with E-state index in [-0.39, 0.29) is 6.10 Å². The fraction of sp³-hybridized carbons (Fsp3) is 0.125. The third-order valence-corrected chi connectivity index (χ3v) is 6.26. The number of aromatic nitrogens is 2. The summed E-state index contributed by atoms with van der Waals surface area (Å²) in [4.78, 5) is 0. The first-order valence-corrected chi connectivity index (χ1v) is 10.5. The van der Waals surface area contributed by atoms with Crippen LogP contribution in [-0.2, 0) is 6.54 Å². The Kier molecular flexibility index (Phi) is 4.51. The van der Waals surface area contributed by atoms with E-state index in [1.807, 2.05) is 18.2 Å². The van der Waals surface area contributed by atoms with Crippen LogP contribution in [0.5, 0.6) is 0 Å². The number of nitrogens with zero attached hydrogens (tertiary/aromatic N) is 2. The van der Waals surface area contributed by atoms with E-state index in [0.29, 0.717) is 12.3 Å². The van der Waals surface area contributed by atoms with Gasteiger partial charge in [0.25, 0.3) is 0 Å². The normalized spacial score (nSPS) is 16.0. The topological polar surface area (TPSA) is 29.0 Å². The highest BCUT2D eigenvalue weighted by molar-refractivity contribution is 7.99. The quantitative estimate of drug-likeness (QED) is 0.524. The van der Waals surface area contributed by atoms with Crippen LogP contribution in [0.3, 0.4) is 0 Å². The first-order valence-electron chi connectivity index (χ1n) is 9.48. The first-order chi connectivity index (χ1) is 13.8. The maximum Gasteiger partial charge on any atom is 0.324 e. The van der Waals surface area contributed by atoms with Crippen LogP contribution in [0.25, 0.3) is 28.2 Å². The minimum Gasteiger partial charge on any atom is -0.388 e. The largest absolute Gasteiger partial charge is 0.388 e. The Morgan fingerprint density at radius 1 is 0.786 bits per heavy atom. The van der Waals surface area contributed by atoms with Gasteiger partial charge in [-0.1, -0.05) is 78.9 Å². The van der Waals surface area contributed by atoms with Crippen LogP contribution in [0, 0.1) is 0 Å². The summed E-state index contributed by atoms with van der Waals surface area (Å²) >= 11 is 1.72. The maximum atomic E-state index is 10.4. The van der Waals surface area contributed by atoms with Crippen molar-refractivity contribution in [3.8, 4) is 28.2 Å². The molecule has 1 aliphatic rings. The number of thioether (sulfide) groups is 1. The zero-order chi connectivity index (χ0) is 18.9. The summed E-state index contributed by atoms with van der Waals surface area (Å²) in [6, 6.07) is 31.5. The van der Waals surface area contributed by atoms with E-state index in [0.717, 1.165) is 27.8 Å². The van der Waals surface area contributed by atoms with Gasteiger partial charge in [0, 0.05) is 16.9 Å². The summed E-state index contributed by atoms with van der Waals surface area (Å²) in [5.41, 5.74) is 5.77. The van der Waals surface area contributed by atoms with E-state index in [4.69, 9.17) is 0 Å². The van der Waals surface area contributed by atoms with Crippen molar-refractivity contribution in [1.29, 1.82) is 0 Å². The van der Waals surface area contributed by atoms with Gasteiger partial charge in [0.1, 0.15) is 18.3 Å². The Hall–Kier alpha value is -2.82.